The lowest BCUT2D eigenvalue weighted by Crippen LogP contribution is -2.19. The quantitative estimate of drug-likeness (QED) is 0.249. The van der Waals surface area contributed by atoms with Gasteiger partial charge in [0.05, 0.1) is 33.6 Å². The molecular formula is C32H28N2O6S2. The van der Waals surface area contributed by atoms with Gasteiger partial charge in [-0.25, -0.2) is 24.8 Å². The van der Waals surface area contributed by atoms with E-state index in [-0.39, 0.29) is 15.5 Å². The van der Waals surface area contributed by atoms with Crippen molar-refractivity contribution in [2.24, 2.45) is 0 Å². The fourth-order valence-electron chi connectivity index (χ4n) is 5.42. The van der Waals surface area contributed by atoms with E-state index in [0.717, 1.165) is 0 Å². The van der Waals surface area contributed by atoms with E-state index in [1.165, 1.54) is 27.2 Å². The third-order valence-corrected chi connectivity index (χ3v) is 11.0. The molecule has 2 aromatic heterocycles. The Hall–Kier alpha value is -4.38. The summed E-state index contributed by atoms with van der Waals surface area (Å²) < 4.78 is 62.7. The van der Waals surface area contributed by atoms with E-state index in [2.05, 4.69) is 0 Å². The van der Waals surface area contributed by atoms with Crippen LogP contribution in [0.1, 0.15) is 28.5 Å². The molecule has 0 spiro atoms. The van der Waals surface area contributed by atoms with Crippen molar-refractivity contribution in [1.29, 1.82) is 0 Å². The van der Waals surface area contributed by atoms with Gasteiger partial charge in [-0.3, -0.25) is 0 Å². The van der Waals surface area contributed by atoms with Crippen LogP contribution in [0.5, 0.6) is 5.75 Å². The van der Waals surface area contributed by atoms with Gasteiger partial charge in [0, 0.05) is 17.0 Å². The Morgan fingerprint density at radius 2 is 1.31 bits per heavy atom. The number of aryl methyl sites for hydroxylation is 2. The van der Waals surface area contributed by atoms with Gasteiger partial charge in [-0.05, 0) is 85.1 Å². The van der Waals surface area contributed by atoms with Crippen LogP contribution in [0.3, 0.4) is 0 Å². The second-order valence-electron chi connectivity index (χ2n) is 10.1. The van der Waals surface area contributed by atoms with Crippen molar-refractivity contribution < 1.29 is 26.7 Å². The third kappa shape index (κ3) is 4.30. The molecule has 0 radical (unpaired) electrons. The first kappa shape index (κ1) is 27.8. The van der Waals surface area contributed by atoms with Crippen molar-refractivity contribution in [1.82, 2.24) is 7.94 Å². The first-order valence-electron chi connectivity index (χ1n) is 13.2. The number of aromatic nitrogens is 2. The number of hydrogen-bond acceptors (Lipinski definition) is 6. The molecule has 0 aliphatic carbocycles. The summed E-state index contributed by atoms with van der Waals surface area (Å²) in [5.74, 6) is 0.555. The van der Waals surface area contributed by atoms with Crippen molar-refractivity contribution in [2.45, 2.75) is 29.7 Å². The van der Waals surface area contributed by atoms with Crippen LogP contribution in [0.15, 0.2) is 113 Å². The molecule has 0 fully saturated rings. The molecule has 0 saturated heterocycles. The van der Waals surface area contributed by atoms with E-state index in [9.17, 15) is 21.9 Å². The molecule has 42 heavy (non-hydrogen) atoms. The number of methoxy groups -OCH3 is 1. The van der Waals surface area contributed by atoms with Gasteiger partial charge in [0.1, 0.15) is 11.9 Å². The van der Waals surface area contributed by atoms with Crippen molar-refractivity contribution in [2.75, 3.05) is 7.11 Å². The van der Waals surface area contributed by atoms with Crippen LogP contribution >= 0.6 is 0 Å². The standard InChI is InChI=1S/C32H28N2O6S2/c1-21-20-33(41(36,37)25-10-6-4-7-11-25)29-16-14-23(18-27(21)29)32(35)31-22(2)28-19-24(40-3)15-17-30(28)34(31)42(38,39)26-12-8-5-9-13-26/h4-20,32,35H,1-3H3. The summed E-state index contributed by atoms with van der Waals surface area (Å²) in [4.78, 5) is 0.244. The zero-order valence-electron chi connectivity index (χ0n) is 23.1. The highest BCUT2D eigenvalue weighted by molar-refractivity contribution is 7.90. The monoisotopic (exact) mass is 600 g/mol. The molecule has 10 heteroatoms. The first-order valence-corrected chi connectivity index (χ1v) is 16.0. The Balaban J connectivity index is 1.55. The van der Waals surface area contributed by atoms with Crippen molar-refractivity contribution in [3.8, 4) is 5.75 Å². The lowest BCUT2D eigenvalue weighted by Gasteiger charge is -2.18. The molecule has 0 aliphatic heterocycles. The second kappa shape index (κ2) is 10.2. The highest BCUT2D eigenvalue weighted by atomic mass is 32.2. The van der Waals surface area contributed by atoms with Crippen molar-refractivity contribution in [3.63, 3.8) is 0 Å². The molecule has 1 N–H and O–H groups in total. The van der Waals surface area contributed by atoms with E-state index in [1.807, 2.05) is 0 Å². The summed E-state index contributed by atoms with van der Waals surface area (Å²) >= 11 is 0. The summed E-state index contributed by atoms with van der Waals surface area (Å²) in [5.41, 5.74) is 2.74. The summed E-state index contributed by atoms with van der Waals surface area (Å²) in [6.45, 7) is 3.56. The normalized spacial score (nSPS) is 13.0. The average Bonchev–Trinajstić information content (AvgIpc) is 3.51. The van der Waals surface area contributed by atoms with Crippen LogP contribution < -0.4 is 4.74 Å². The Morgan fingerprint density at radius 3 is 1.93 bits per heavy atom. The maximum Gasteiger partial charge on any atom is 0.268 e. The fraction of sp³-hybridized carbons (Fsp3) is 0.125. The van der Waals surface area contributed by atoms with Crippen molar-refractivity contribution in [3.05, 3.63) is 126 Å². The number of aliphatic hydroxyl groups excluding tert-OH is 1. The Morgan fingerprint density at radius 1 is 0.714 bits per heavy atom. The van der Waals surface area contributed by atoms with E-state index < -0.39 is 26.2 Å². The summed E-state index contributed by atoms with van der Waals surface area (Å²) in [6.07, 6.45) is 0.206. The lowest BCUT2D eigenvalue weighted by atomic mass is 10.0. The van der Waals surface area contributed by atoms with Crippen LogP contribution in [0, 0.1) is 13.8 Å². The fourth-order valence-corrected chi connectivity index (χ4v) is 8.49. The molecule has 214 valence electrons. The van der Waals surface area contributed by atoms with Crippen molar-refractivity contribution >= 4 is 41.9 Å². The lowest BCUT2D eigenvalue weighted by molar-refractivity contribution is 0.214. The number of nitrogens with zero attached hydrogens (tertiary/aromatic N) is 2. The van der Waals surface area contributed by atoms with E-state index in [0.29, 0.717) is 44.2 Å². The van der Waals surface area contributed by atoms with Gasteiger partial charge in [0.15, 0.2) is 0 Å². The maximum absolute atomic E-state index is 14.0. The molecule has 0 bridgehead atoms. The van der Waals surface area contributed by atoms with Crippen LogP contribution in [0.25, 0.3) is 21.8 Å². The largest absolute Gasteiger partial charge is 0.497 e. The van der Waals surface area contributed by atoms with Gasteiger partial charge in [-0.1, -0.05) is 42.5 Å². The van der Waals surface area contributed by atoms with Crippen LogP contribution in [0.4, 0.5) is 0 Å². The van der Waals surface area contributed by atoms with Gasteiger partial charge >= 0.3 is 0 Å². The van der Waals surface area contributed by atoms with Crippen LogP contribution in [0.2, 0.25) is 0 Å². The molecule has 0 aliphatic rings. The van der Waals surface area contributed by atoms with Gasteiger partial charge in [0.25, 0.3) is 20.0 Å². The van der Waals surface area contributed by atoms with Gasteiger partial charge in [0.2, 0.25) is 0 Å². The smallest absolute Gasteiger partial charge is 0.268 e. The zero-order chi connectivity index (χ0) is 29.8. The predicted molar refractivity (Wildman–Crippen MR) is 162 cm³/mol. The van der Waals surface area contributed by atoms with Crippen LogP contribution in [-0.2, 0) is 20.0 Å². The second-order valence-corrected chi connectivity index (χ2v) is 13.7. The van der Waals surface area contributed by atoms with Gasteiger partial charge in [-0.2, -0.15) is 0 Å². The molecule has 4 aromatic carbocycles. The molecule has 0 saturated carbocycles. The van der Waals surface area contributed by atoms with E-state index in [4.69, 9.17) is 4.74 Å². The minimum absolute atomic E-state index is 0.0839. The van der Waals surface area contributed by atoms with E-state index in [1.54, 1.807) is 105 Å². The number of aliphatic hydroxyl groups is 1. The summed E-state index contributed by atoms with van der Waals surface area (Å²) in [7, 11) is -6.44. The minimum atomic E-state index is -4.11. The predicted octanol–water partition coefficient (Wildman–Crippen LogP) is 5.78. The van der Waals surface area contributed by atoms with E-state index >= 15 is 0 Å². The third-order valence-electron chi connectivity index (χ3n) is 7.58. The first-order chi connectivity index (χ1) is 20.1. The number of benzene rings is 4. The van der Waals surface area contributed by atoms with Crippen LogP contribution in [-0.4, -0.2) is 37.0 Å². The topological polar surface area (TPSA) is 108 Å². The Labute approximate surface area is 244 Å². The minimum Gasteiger partial charge on any atom is -0.497 e. The SMILES string of the molecule is COc1ccc2c(c1)c(C)c(C(O)c1ccc3c(c1)c(C)cn3S(=O)(=O)c1ccccc1)n2S(=O)(=O)c1ccccc1. The molecular weight excluding hydrogens is 572 g/mol. The Bertz CT molecular complexity index is 2180. The Kier molecular flexibility index (Phi) is 6.72. The maximum atomic E-state index is 14.0. The van der Waals surface area contributed by atoms with Gasteiger partial charge < -0.3 is 9.84 Å². The number of hydrogen-bond donors (Lipinski definition) is 1. The average molecular weight is 601 g/mol. The summed E-state index contributed by atoms with van der Waals surface area (Å²) in [5, 5.41) is 13.1. The molecule has 1 unspecified atom stereocenters. The highest BCUT2D eigenvalue weighted by Crippen LogP contribution is 2.38. The number of ether oxygens (including phenoxy) is 1. The molecule has 2 heterocycles. The summed E-state index contributed by atoms with van der Waals surface area (Å²) in [6, 6.07) is 26.3. The molecule has 1 atom stereocenters. The number of rotatable bonds is 7. The zero-order valence-corrected chi connectivity index (χ0v) is 24.7. The highest BCUT2D eigenvalue weighted by Gasteiger charge is 2.30. The molecule has 6 rings (SSSR count). The molecule has 8 nitrogen and oxygen atoms in total. The van der Waals surface area contributed by atoms with Gasteiger partial charge in [-0.15, -0.1) is 0 Å². The molecule has 6 aromatic rings. The molecule has 0 amide bonds. The number of fused-ring (bicyclic) bond motifs is 2.